The Labute approximate surface area is 111 Å². The van der Waals surface area contributed by atoms with E-state index >= 15 is 0 Å². The molecule has 0 bridgehead atoms. The molecule has 1 aromatic rings. The predicted octanol–water partition coefficient (Wildman–Crippen LogP) is 0.748. The molecule has 0 radical (unpaired) electrons. The number of carboxylic acids is 1. The molecule has 1 aromatic heterocycles. The maximum Gasteiger partial charge on any atom is 0.338 e. The third-order valence-electron chi connectivity index (χ3n) is 2.38. The van der Waals surface area contributed by atoms with Crippen molar-refractivity contribution in [2.24, 2.45) is 5.73 Å². The minimum Gasteiger partial charge on any atom is -0.479 e. The smallest absolute Gasteiger partial charge is 0.338 e. The van der Waals surface area contributed by atoms with Crippen molar-refractivity contribution < 1.29 is 19.4 Å². The largest absolute Gasteiger partial charge is 0.479 e. The highest BCUT2D eigenvalue weighted by molar-refractivity contribution is 6.04. The Kier molecular flexibility index (Phi) is 4.26. The summed E-state index contributed by atoms with van der Waals surface area (Å²) in [6.45, 7) is 4.96. The predicted molar refractivity (Wildman–Crippen MR) is 68.3 cm³/mol. The number of hydrogen-bond acceptors (Lipinski definition) is 5. The van der Waals surface area contributed by atoms with Crippen molar-refractivity contribution in [3.63, 3.8) is 0 Å². The topological polar surface area (TPSA) is 103 Å². The number of carbonyl (C=O) groups is 2. The van der Waals surface area contributed by atoms with Crippen LogP contribution in [-0.4, -0.2) is 33.2 Å². The molecular formula is C13H18N2O4. The van der Waals surface area contributed by atoms with E-state index in [9.17, 15) is 14.7 Å². The quantitative estimate of drug-likeness (QED) is 0.615. The minimum absolute atomic E-state index is 0.153. The molecule has 104 valence electrons. The lowest BCUT2D eigenvalue weighted by atomic mass is 9.92. The Bertz CT molecular complexity index is 467. The first-order chi connectivity index (χ1) is 8.65. The zero-order valence-electron chi connectivity index (χ0n) is 11.2. The molecule has 0 aromatic carbocycles. The third-order valence-corrected chi connectivity index (χ3v) is 2.38. The van der Waals surface area contributed by atoms with Crippen LogP contribution < -0.4 is 5.73 Å². The van der Waals surface area contributed by atoms with E-state index in [4.69, 9.17) is 10.5 Å². The average molecular weight is 266 g/mol. The van der Waals surface area contributed by atoms with Crippen LogP contribution in [0.1, 0.15) is 26.3 Å². The van der Waals surface area contributed by atoms with E-state index in [1.54, 1.807) is 32.9 Å². The van der Waals surface area contributed by atoms with Gasteiger partial charge in [-0.15, -0.1) is 0 Å². The van der Waals surface area contributed by atoms with E-state index in [0.717, 1.165) is 0 Å². The SMILES string of the molecule is CC(C)(C)OC(=O)C(N)(Cc1ccncc1)C(=O)O. The fourth-order valence-electron chi connectivity index (χ4n) is 1.43. The van der Waals surface area contributed by atoms with E-state index < -0.39 is 23.1 Å². The summed E-state index contributed by atoms with van der Waals surface area (Å²) in [5, 5.41) is 9.22. The van der Waals surface area contributed by atoms with Crippen molar-refractivity contribution >= 4 is 11.9 Å². The highest BCUT2D eigenvalue weighted by Gasteiger charge is 2.45. The Hall–Kier alpha value is -1.95. The van der Waals surface area contributed by atoms with E-state index in [-0.39, 0.29) is 6.42 Å². The van der Waals surface area contributed by atoms with Crippen LogP contribution >= 0.6 is 0 Å². The van der Waals surface area contributed by atoms with Crippen LogP contribution in [0.15, 0.2) is 24.5 Å². The number of aromatic nitrogens is 1. The van der Waals surface area contributed by atoms with Gasteiger partial charge in [0.2, 0.25) is 5.54 Å². The molecule has 0 amide bonds. The van der Waals surface area contributed by atoms with Crippen molar-refractivity contribution in [1.82, 2.24) is 4.98 Å². The molecule has 3 N–H and O–H groups in total. The van der Waals surface area contributed by atoms with Crippen LogP contribution in [0.2, 0.25) is 0 Å². The van der Waals surface area contributed by atoms with Crippen molar-refractivity contribution in [2.75, 3.05) is 0 Å². The van der Waals surface area contributed by atoms with E-state index in [1.807, 2.05) is 0 Å². The van der Waals surface area contributed by atoms with Gasteiger partial charge in [0.1, 0.15) is 5.60 Å². The van der Waals surface area contributed by atoms with Gasteiger partial charge in [-0.2, -0.15) is 0 Å². The monoisotopic (exact) mass is 266 g/mol. The van der Waals surface area contributed by atoms with Crippen LogP contribution in [-0.2, 0) is 20.7 Å². The van der Waals surface area contributed by atoms with Crippen LogP contribution in [0.4, 0.5) is 0 Å². The number of aliphatic carboxylic acids is 1. The summed E-state index contributed by atoms with van der Waals surface area (Å²) in [7, 11) is 0. The first kappa shape index (κ1) is 15.1. The van der Waals surface area contributed by atoms with Gasteiger partial charge in [0.25, 0.3) is 0 Å². The summed E-state index contributed by atoms with van der Waals surface area (Å²) in [5.41, 5.74) is 3.43. The molecule has 0 saturated carbocycles. The van der Waals surface area contributed by atoms with Crippen molar-refractivity contribution in [3.8, 4) is 0 Å². The highest BCUT2D eigenvalue weighted by Crippen LogP contribution is 2.17. The van der Waals surface area contributed by atoms with Crippen LogP contribution in [0.25, 0.3) is 0 Å². The molecule has 0 fully saturated rings. The number of carbonyl (C=O) groups excluding carboxylic acids is 1. The number of ether oxygens (including phenoxy) is 1. The van der Waals surface area contributed by atoms with Gasteiger partial charge in [-0.3, -0.25) is 4.98 Å². The lowest BCUT2D eigenvalue weighted by Gasteiger charge is -2.28. The number of nitrogens with zero attached hydrogens (tertiary/aromatic N) is 1. The molecule has 6 nitrogen and oxygen atoms in total. The van der Waals surface area contributed by atoms with Gasteiger partial charge in [0.15, 0.2) is 0 Å². The van der Waals surface area contributed by atoms with Crippen molar-refractivity contribution in [2.45, 2.75) is 38.3 Å². The van der Waals surface area contributed by atoms with E-state index in [2.05, 4.69) is 4.98 Å². The fourth-order valence-corrected chi connectivity index (χ4v) is 1.43. The van der Waals surface area contributed by atoms with Gasteiger partial charge in [-0.1, -0.05) is 0 Å². The molecule has 1 heterocycles. The Morgan fingerprint density at radius 3 is 2.26 bits per heavy atom. The molecule has 0 spiro atoms. The van der Waals surface area contributed by atoms with E-state index in [1.165, 1.54) is 12.4 Å². The summed E-state index contributed by atoms with van der Waals surface area (Å²) in [6.07, 6.45) is 2.86. The fraction of sp³-hybridized carbons (Fsp3) is 0.462. The zero-order valence-corrected chi connectivity index (χ0v) is 11.2. The van der Waals surface area contributed by atoms with Gasteiger partial charge >= 0.3 is 11.9 Å². The molecule has 1 rings (SSSR count). The van der Waals surface area contributed by atoms with Gasteiger partial charge in [0, 0.05) is 18.8 Å². The van der Waals surface area contributed by atoms with Crippen LogP contribution in [0.3, 0.4) is 0 Å². The molecule has 0 aliphatic heterocycles. The molecular weight excluding hydrogens is 248 g/mol. The summed E-state index contributed by atoms with van der Waals surface area (Å²) in [5.74, 6) is -2.37. The maximum atomic E-state index is 12.0. The number of rotatable bonds is 4. The first-order valence-electron chi connectivity index (χ1n) is 5.80. The molecule has 1 atom stereocenters. The number of carboxylic acid groups (broad SMARTS) is 1. The second-order valence-corrected chi connectivity index (χ2v) is 5.31. The number of pyridine rings is 1. The number of esters is 1. The first-order valence-corrected chi connectivity index (χ1v) is 5.80. The normalized spacial score (nSPS) is 14.5. The van der Waals surface area contributed by atoms with Crippen LogP contribution in [0.5, 0.6) is 0 Å². The third kappa shape index (κ3) is 4.03. The van der Waals surface area contributed by atoms with Crippen molar-refractivity contribution in [1.29, 1.82) is 0 Å². The minimum atomic E-state index is -2.10. The second kappa shape index (κ2) is 5.36. The van der Waals surface area contributed by atoms with Gasteiger partial charge in [-0.05, 0) is 38.5 Å². The molecule has 6 heteroatoms. The molecule has 0 aliphatic carbocycles. The Balaban J connectivity index is 2.98. The van der Waals surface area contributed by atoms with E-state index in [0.29, 0.717) is 5.56 Å². The standard InChI is InChI=1S/C13H18N2O4/c1-12(2,3)19-11(18)13(14,10(16)17)8-9-4-6-15-7-5-9/h4-7H,8,14H2,1-3H3,(H,16,17). The lowest BCUT2D eigenvalue weighted by Crippen LogP contribution is -2.58. The average Bonchev–Trinajstić information content (AvgIpc) is 2.27. The summed E-state index contributed by atoms with van der Waals surface area (Å²) < 4.78 is 5.08. The second-order valence-electron chi connectivity index (χ2n) is 5.31. The molecule has 1 unspecified atom stereocenters. The van der Waals surface area contributed by atoms with Gasteiger partial charge < -0.3 is 15.6 Å². The van der Waals surface area contributed by atoms with Gasteiger partial charge in [0.05, 0.1) is 0 Å². The molecule has 19 heavy (non-hydrogen) atoms. The summed E-state index contributed by atoms with van der Waals surface area (Å²) in [4.78, 5) is 27.1. The molecule has 0 saturated heterocycles. The highest BCUT2D eigenvalue weighted by atomic mass is 16.6. The van der Waals surface area contributed by atoms with Gasteiger partial charge in [-0.25, -0.2) is 9.59 Å². The maximum absolute atomic E-state index is 12.0. The molecule has 0 aliphatic rings. The lowest BCUT2D eigenvalue weighted by molar-refractivity contribution is -0.169. The Morgan fingerprint density at radius 2 is 1.84 bits per heavy atom. The van der Waals surface area contributed by atoms with Crippen LogP contribution in [0, 0.1) is 0 Å². The van der Waals surface area contributed by atoms with Crippen molar-refractivity contribution in [3.05, 3.63) is 30.1 Å². The zero-order chi connectivity index (χ0) is 14.7. The number of nitrogens with two attached hydrogens (primary N) is 1. The Morgan fingerprint density at radius 1 is 1.32 bits per heavy atom. The summed E-state index contributed by atoms with van der Waals surface area (Å²) in [6, 6.07) is 3.21. The summed E-state index contributed by atoms with van der Waals surface area (Å²) >= 11 is 0. The number of hydrogen-bond donors (Lipinski definition) is 2.